The molecule has 2 heteroatoms. The highest BCUT2D eigenvalue weighted by Gasteiger charge is 2.46. The van der Waals surface area contributed by atoms with Gasteiger partial charge in [0, 0.05) is 0 Å². The summed E-state index contributed by atoms with van der Waals surface area (Å²) in [6, 6.07) is 7.83. The monoisotopic (exact) mass is 203 g/mol. The van der Waals surface area contributed by atoms with Crippen LogP contribution in [0.15, 0.2) is 24.3 Å². The molecule has 2 aliphatic rings. The second-order valence-electron chi connectivity index (χ2n) is 4.97. The largest absolute Gasteiger partial charge is 0.485 e. The van der Waals surface area contributed by atoms with E-state index in [1.165, 1.54) is 32.1 Å². The average molecular weight is 203 g/mol. The quantitative estimate of drug-likeness (QED) is 0.750. The van der Waals surface area contributed by atoms with E-state index in [4.69, 9.17) is 10.5 Å². The van der Waals surface area contributed by atoms with E-state index in [-0.39, 0.29) is 5.60 Å². The van der Waals surface area contributed by atoms with E-state index in [1.807, 2.05) is 24.3 Å². The molecule has 0 unspecified atom stereocenters. The third kappa shape index (κ3) is 1.48. The van der Waals surface area contributed by atoms with Crippen molar-refractivity contribution in [3.05, 3.63) is 24.3 Å². The number of ether oxygens (including phenoxy) is 1. The van der Waals surface area contributed by atoms with Crippen LogP contribution in [0.4, 0.5) is 5.69 Å². The van der Waals surface area contributed by atoms with Crippen LogP contribution in [-0.2, 0) is 0 Å². The molecule has 15 heavy (non-hydrogen) atoms. The van der Waals surface area contributed by atoms with Crippen molar-refractivity contribution < 1.29 is 4.74 Å². The first-order valence-corrected chi connectivity index (χ1v) is 5.81. The minimum absolute atomic E-state index is 0.125. The molecule has 2 aliphatic carbocycles. The van der Waals surface area contributed by atoms with Gasteiger partial charge in [-0.15, -0.1) is 0 Å². The van der Waals surface area contributed by atoms with Crippen molar-refractivity contribution in [2.75, 3.05) is 5.73 Å². The molecule has 2 nitrogen and oxygen atoms in total. The first-order chi connectivity index (χ1) is 7.27. The zero-order valence-electron chi connectivity index (χ0n) is 8.91. The molecule has 0 atom stereocenters. The molecule has 2 bridgehead atoms. The molecule has 2 fully saturated rings. The molecule has 0 amide bonds. The lowest BCUT2D eigenvalue weighted by molar-refractivity contribution is 0.0812. The minimum atomic E-state index is 0.125. The van der Waals surface area contributed by atoms with Crippen molar-refractivity contribution in [2.24, 2.45) is 5.92 Å². The summed E-state index contributed by atoms with van der Waals surface area (Å²) >= 11 is 0. The van der Waals surface area contributed by atoms with Gasteiger partial charge in [-0.05, 0) is 50.2 Å². The molecule has 0 radical (unpaired) electrons. The topological polar surface area (TPSA) is 35.2 Å². The zero-order chi connectivity index (χ0) is 10.3. The van der Waals surface area contributed by atoms with Gasteiger partial charge >= 0.3 is 0 Å². The summed E-state index contributed by atoms with van der Waals surface area (Å²) in [5, 5.41) is 0. The Morgan fingerprint density at radius 3 is 2.53 bits per heavy atom. The molecular weight excluding hydrogens is 186 g/mol. The van der Waals surface area contributed by atoms with Crippen LogP contribution < -0.4 is 10.5 Å². The summed E-state index contributed by atoms with van der Waals surface area (Å²) in [5.41, 5.74) is 6.79. The van der Waals surface area contributed by atoms with E-state index < -0.39 is 0 Å². The fourth-order valence-corrected chi connectivity index (χ4v) is 3.09. The molecule has 0 aromatic heterocycles. The first-order valence-electron chi connectivity index (χ1n) is 5.81. The van der Waals surface area contributed by atoms with E-state index in [2.05, 4.69) is 0 Å². The highest BCUT2D eigenvalue weighted by molar-refractivity contribution is 5.52. The zero-order valence-corrected chi connectivity index (χ0v) is 8.91. The maximum absolute atomic E-state index is 6.16. The van der Waals surface area contributed by atoms with Gasteiger partial charge in [-0.1, -0.05) is 12.1 Å². The number of fused-ring (bicyclic) bond motifs is 2. The van der Waals surface area contributed by atoms with E-state index in [0.29, 0.717) is 0 Å². The van der Waals surface area contributed by atoms with Crippen LogP contribution in [0.1, 0.15) is 32.1 Å². The van der Waals surface area contributed by atoms with Gasteiger partial charge in [0.05, 0.1) is 5.69 Å². The van der Waals surface area contributed by atoms with Crippen LogP contribution in [-0.4, -0.2) is 5.60 Å². The van der Waals surface area contributed by atoms with Gasteiger partial charge in [0.25, 0.3) is 0 Å². The highest BCUT2D eigenvalue weighted by atomic mass is 16.5. The molecule has 3 rings (SSSR count). The van der Waals surface area contributed by atoms with Crippen molar-refractivity contribution in [3.8, 4) is 5.75 Å². The molecule has 0 saturated heterocycles. The Labute approximate surface area is 90.4 Å². The van der Waals surface area contributed by atoms with Gasteiger partial charge in [-0.3, -0.25) is 0 Å². The number of hydrogen-bond donors (Lipinski definition) is 1. The van der Waals surface area contributed by atoms with Crippen LogP contribution in [0.2, 0.25) is 0 Å². The Morgan fingerprint density at radius 2 is 1.93 bits per heavy atom. The van der Waals surface area contributed by atoms with Crippen LogP contribution in [0.5, 0.6) is 5.75 Å². The predicted molar refractivity (Wildman–Crippen MR) is 60.8 cm³/mol. The van der Waals surface area contributed by atoms with Crippen LogP contribution in [0, 0.1) is 5.92 Å². The maximum atomic E-state index is 6.16. The number of rotatable bonds is 2. The lowest BCUT2D eigenvalue weighted by Gasteiger charge is -2.28. The number of nitrogens with two attached hydrogens (primary N) is 1. The molecule has 80 valence electrons. The smallest absolute Gasteiger partial charge is 0.143 e. The Kier molecular flexibility index (Phi) is 1.91. The number of nitrogen functional groups attached to an aromatic ring is 1. The summed E-state index contributed by atoms with van der Waals surface area (Å²) in [6.07, 6.45) is 6.35. The molecule has 0 heterocycles. The van der Waals surface area contributed by atoms with E-state index >= 15 is 0 Å². The third-order valence-electron chi connectivity index (χ3n) is 3.92. The van der Waals surface area contributed by atoms with Crippen molar-refractivity contribution >= 4 is 5.69 Å². The van der Waals surface area contributed by atoms with Gasteiger partial charge in [0.15, 0.2) is 0 Å². The predicted octanol–water partition coefficient (Wildman–Crippen LogP) is 2.98. The Morgan fingerprint density at radius 1 is 1.20 bits per heavy atom. The SMILES string of the molecule is Nc1ccccc1OC12CCC(CC1)C2. The third-order valence-corrected chi connectivity index (χ3v) is 3.92. The maximum Gasteiger partial charge on any atom is 0.143 e. The van der Waals surface area contributed by atoms with Crippen LogP contribution in [0.25, 0.3) is 0 Å². The highest BCUT2D eigenvalue weighted by Crippen LogP contribution is 2.50. The number of anilines is 1. The minimum Gasteiger partial charge on any atom is -0.485 e. The summed E-state index contributed by atoms with van der Waals surface area (Å²) in [6.45, 7) is 0. The van der Waals surface area contributed by atoms with Gasteiger partial charge in [0.1, 0.15) is 11.4 Å². The Bertz CT molecular complexity index is 367. The fraction of sp³-hybridized carbons (Fsp3) is 0.538. The number of benzene rings is 1. The lowest BCUT2D eigenvalue weighted by Crippen LogP contribution is -2.30. The molecule has 0 spiro atoms. The average Bonchev–Trinajstić information content (AvgIpc) is 2.81. The standard InChI is InChI=1S/C13H17NO/c14-11-3-1-2-4-12(11)15-13-7-5-10(9-13)6-8-13/h1-4,10H,5-9,14H2. The Hall–Kier alpha value is -1.18. The normalized spacial score (nSPS) is 33.2. The van der Waals surface area contributed by atoms with Crippen LogP contribution in [0.3, 0.4) is 0 Å². The van der Waals surface area contributed by atoms with Gasteiger partial charge < -0.3 is 10.5 Å². The second-order valence-corrected chi connectivity index (χ2v) is 4.97. The number of hydrogen-bond acceptors (Lipinski definition) is 2. The van der Waals surface area contributed by atoms with Gasteiger partial charge in [-0.25, -0.2) is 0 Å². The lowest BCUT2D eigenvalue weighted by atomic mass is 9.97. The van der Waals surface area contributed by atoms with Crippen molar-refractivity contribution in [3.63, 3.8) is 0 Å². The van der Waals surface area contributed by atoms with Crippen molar-refractivity contribution in [1.82, 2.24) is 0 Å². The fourth-order valence-electron chi connectivity index (χ4n) is 3.09. The summed E-state index contributed by atoms with van der Waals surface area (Å²) in [4.78, 5) is 0. The van der Waals surface area contributed by atoms with Crippen molar-refractivity contribution in [2.45, 2.75) is 37.7 Å². The Balaban J connectivity index is 1.83. The molecule has 1 aromatic rings. The summed E-state index contributed by atoms with van der Waals surface area (Å²) < 4.78 is 6.16. The van der Waals surface area contributed by atoms with Crippen LogP contribution >= 0.6 is 0 Å². The first kappa shape index (κ1) is 9.08. The number of para-hydroxylation sites is 2. The van der Waals surface area contributed by atoms with Gasteiger partial charge in [-0.2, -0.15) is 0 Å². The molecule has 2 N–H and O–H groups in total. The van der Waals surface area contributed by atoms with Gasteiger partial charge in [0.2, 0.25) is 0 Å². The van der Waals surface area contributed by atoms with Crippen molar-refractivity contribution in [1.29, 1.82) is 0 Å². The summed E-state index contributed by atoms with van der Waals surface area (Å²) in [7, 11) is 0. The summed E-state index contributed by atoms with van der Waals surface area (Å²) in [5.74, 6) is 1.79. The second kappa shape index (κ2) is 3.16. The molecule has 0 aliphatic heterocycles. The van der Waals surface area contributed by atoms with E-state index in [9.17, 15) is 0 Å². The van der Waals surface area contributed by atoms with E-state index in [0.717, 1.165) is 17.4 Å². The molecule has 2 saturated carbocycles. The van der Waals surface area contributed by atoms with E-state index in [1.54, 1.807) is 0 Å². The molecule has 1 aromatic carbocycles. The molecular formula is C13H17NO.